The predicted molar refractivity (Wildman–Crippen MR) is 101 cm³/mol. The molecule has 2 aromatic heterocycles. The van der Waals surface area contributed by atoms with Crippen molar-refractivity contribution in [3.63, 3.8) is 0 Å². The van der Waals surface area contributed by atoms with E-state index in [-0.39, 0.29) is 12.4 Å². The van der Waals surface area contributed by atoms with Gasteiger partial charge in [-0.25, -0.2) is 0 Å². The second-order valence-electron chi connectivity index (χ2n) is 6.12. The minimum absolute atomic E-state index is 0.202. The van der Waals surface area contributed by atoms with Crippen molar-refractivity contribution in [2.24, 2.45) is 0 Å². The Morgan fingerprint density at radius 3 is 2.65 bits per heavy atom. The number of rotatable bonds is 5. The van der Waals surface area contributed by atoms with Crippen LogP contribution in [0.4, 0.5) is 0 Å². The van der Waals surface area contributed by atoms with Gasteiger partial charge in [0, 0.05) is 16.9 Å². The van der Waals surface area contributed by atoms with Crippen LogP contribution in [0.5, 0.6) is 0 Å². The van der Waals surface area contributed by atoms with E-state index in [0.29, 0.717) is 23.6 Å². The van der Waals surface area contributed by atoms with Crippen molar-refractivity contribution in [1.29, 1.82) is 5.26 Å². The van der Waals surface area contributed by atoms with Gasteiger partial charge < -0.3 is 9.14 Å². The zero-order valence-corrected chi connectivity index (χ0v) is 15.5. The van der Waals surface area contributed by atoms with Gasteiger partial charge in [0.15, 0.2) is 0 Å². The number of pyridine rings is 1. The maximum Gasteiger partial charge on any atom is 0.311 e. The summed E-state index contributed by atoms with van der Waals surface area (Å²) in [6.45, 7) is 4.17. The van der Waals surface area contributed by atoms with E-state index in [2.05, 4.69) is 6.07 Å². The quantitative estimate of drug-likeness (QED) is 0.626. The average molecular weight is 367 g/mol. The number of fused-ring (bicyclic) bond motifs is 1. The molecule has 0 fully saturated rings. The highest BCUT2D eigenvalue weighted by Gasteiger charge is 2.18. The summed E-state index contributed by atoms with van der Waals surface area (Å²) in [6, 6.07) is 13.5. The summed E-state index contributed by atoms with van der Waals surface area (Å²) in [5.74, 6) is -0.252. The van der Waals surface area contributed by atoms with Crippen molar-refractivity contribution < 1.29 is 9.53 Å². The molecule has 3 aromatic rings. The lowest BCUT2D eigenvalue weighted by atomic mass is 10.0. The molecule has 2 heterocycles. The summed E-state index contributed by atoms with van der Waals surface area (Å²) in [4.78, 5) is 12.0. The molecule has 5 heteroatoms. The van der Waals surface area contributed by atoms with Gasteiger partial charge in [0.05, 0.1) is 30.2 Å². The lowest BCUT2D eigenvalue weighted by Crippen LogP contribution is -2.10. The summed E-state index contributed by atoms with van der Waals surface area (Å²) in [5.41, 5.74) is 5.69. The second kappa shape index (κ2) is 7.63. The first-order chi connectivity index (χ1) is 12.5. The van der Waals surface area contributed by atoms with Crippen LogP contribution in [0.2, 0.25) is 5.02 Å². The standard InChI is InChI=1S/C21H19ClN2O2/c1-3-26-21(25)12-19-14(2)18(10-15-4-6-17(22)7-5-15)20-11-16(13-23)8-9-24(19)20/h4-9,11H,3,10,12H2,1-2H3. The largest absolute Gasteiger partial charge is 0.466 e. The molecule has 0 spiro atoms. The van der Waals surface area contributed by atoms with Crippen LogP contribution in [0.1, 0.15) is 34.9 Å². The molecule has 0 amide bonds. The molecule has 0 bridgehead atoms. The van der Waals surface area contributed by atoms with Crippen LogP contribution < -0.4 is 0 Å². The van der Waals surface area contributed by atoms with Crippen molar-refractivity contribution in [2.75, 3.05) is 6.61 Å². The van der Waals surface area contributed by atoms with Gasteiger partial charge in [-0.15, -0.1) is 0 Å². The fourth-order valence-electron chi connectivity index (χ4n) is 3.18. The molecule has 0 aliphatic carbocycles. The molecule has 0 saturated carbocycles. The number of aromatic nitrogens is 1. The Bertz CT molecular complexity index is 998. The van der Waals surface area contributed by atoms with Gasteiger partial charge >= 0.3 is 5.97 Å². The summed E-state index contributed by atoms with van der Waals surface area (Å²) < 4.78 is 7.10. The molecule has 1 aromatic carbocycles. The van der Waals surface area contributed by atoms with Crippen molar-refractivity contribution >= 4 is 23.1 Å². The fraction of sp³-hybridized carbons (Fsp3) is 0.238. The van der Waals surface area contributed by atoms with Crippen molar-refractivity contribution in [3.8, 4) is 6.07 Å². The van der Waals surface area contributed by atoms with E-state index in [1.54, 1.807) is 13.0 Å². The molecule has 26 heavy (non-hydrogen) atoms. The highest BCUT2D eigenvalue weighted by molar-refractivity contribution is 6.30. The van der Waals surface area contributed by atoms with Crippen LogP contribution in [0.25, 0.3) is 5.52 Å². The Hall–Kier alpha value is -2.77. The van der Waals surface area contributed by atoms with E-state index in [0.717, 1.165) is 27.9 Å². The first-order valence-electron chi connectivity index (χ1n) is 8.46. The Labute approximate surface area is 157 Å². The van der Waals surface area contributed by atoms with Crippen LogP contribution in [-0.2, 0) is 22.4 Å². The number of hydrogen-bond donors (Lipinski definition) is 0. The normalized spacial score (nSPS) is 10.7. The van der Waals surface area contributed by atoms with Crippen LogP contribution >= 0.6 is 11.6 Å². The number of carbonyl (C=O) groups excluding carboxylic acids is 1. The number of carbonyl (C=O) groups is 1. The number of ether oxygens (including phenoxy) is 1. The van der Waals surface area contributed by atoms with Gasteiger partial charge in [-0.05, 0) is 61.2 Å². The van der Waals surface area contributed by atoms with E-state index in [9.17, 15) is 10.1 Å². The van der Waals surface area contributed by atoms with E-state index >= 15 is 0 Å². The lowest BCUT2D eigenvalue weighted by molar-refractivity contribution is -0.142. The Morgan fingerprint density at radius 1 is 1.27 bits per heavy atom. The van der Waals surface area contributed by atoms with Crippen LogP contribution in [0.15, 0.2) is 42.6 Å². The van der Waals surface area contributed by atoms with Gasteiger partial charge in [-0.1, -0.05) is 23.7 Å². The van der Waals surface area contributed by atoms with Crippen LogP contribution in [-0.4, -0.2) is 17.0 Å². The summed E-state index contributed by atoms with van der Waals surface area (Å²) >= 11 is 5.98. The van der Waals surface area contributed by atoms with Crippen molar-refractivity contribution in [1.82, 2.24) is 4.40 Å². The topological polar surface area (TPSA) is 54.5 Å². The lowest BCUT2D eigenvalue weighted by Gasteiger charge is -2.04. The summed E-state index contributed by atoms with van der Waals surface area (Å²) in [7, 11) is 0. The first-order valence-corrected chi connectivity index (χ1v) is 8.83. The maximum atomic E-state index is 12.0. The molecule has 4 nitrogen and oxygen atoms in total. The van der Waals surface area contributed by atoms with Gasteiger partial charge in [0.1, 0.15) is 0 Å². The molecule has 0 aliphatic heterocycles. The zero-order chi connectivity index (χ0) is 18.7. The predicted octanol–water partition coefficient (Wildman–Crippen LogP) is 4.47. The number of hydrogen-bond acceptors (Lipinski definition) is 3. The molecule has 0 radical (unpaired) electrons. The summed E-state index contributed by atoms with van der Waals surface area (Å²) in [6.07, 6.45) is 2.75. The Kier molecular flexibility index (Phi) is 5.29. The molecule has 132 valence electrons. The minimum Gasteiger partial charge on any atom is -0.466 e. The van der Waals surface area contributed by atoms with Crippen LogP contribution in [0, 0.1) is 18.3 Å². The molecule has 0 atom stereocenters. The minimum atomic E-state index is -0.252. The third kappa shape index (κ3) is 3.58. The second-order valence-corrected chi connectivity index (χ2v) is 6.55. The maximum absolute atomic E-state index is 12.0. The van der Waals surface area contributed by atoms with E-state index in [1.165, 1.54) is 0 Å². The third-order valence-corrected chi connectivity index (χ3v) is 4.73. The van der Waals surface area contributed by atoms with Crippen molar-refractivity contribution in [2.45, 2.75) is 26.7 Å². The molecular formula is C21H19ClN2O2. The van der Waals surface area contributed by atoms with E-state index < -0.39 is 0 Å². The van der Waals surface area contributed by atoms with Crippen LogP contribution in [0.3, 0.4) is 0 Å². The van der Waals surface area contributed by atoms with E-state index in [1.807, 2.05) is 47.9 Å². The average Bonchev–Trinajstić information content (AvgIpc) is 2.88. The molecule has 0 saturated heterocycles. The highest BCUT2D eigenvalue weighted by atomic mass is 35.5. The number of nitrogens with zero attached hydrogens (tertiary/aromatic N) is 2. The summed E-state index contributed by atoms with van der Waals surface area (Å²) in [5, 5.41) is 9.95. The number of nitriles is 1. The van der Waals surface area contributed by atoms with E-state index in [4.69, 9.17) is 16.3 Å². The first kappa shape index (κ1) is 18.0. The zero-order valence-electron chi connectivity index (χ0n) is 14.8. The Morgan fingerprint density at radius 2 is 2.00 bits per heavy atom. The SMILES string of the molecule is CCOC(=O)Cc1c(C)c(Cc2ccc(Cl)cc2)c2cc(C#N)ccn12. The molecular weight excluding hydrogens is 348 g/mol. The molecule has 0 unspecified atom stereocenters. The smallest absolute Gasteiger partial charge is 0.311 e. The van der Waals surface area contributed by atoms with Gasteiger partial charge in [0.25, 0.3) is 0 Å². The van der Waals surface area contributed by atoms with Crippen molar-refractivity contribution in [3.05, 3.63) is 75.6 Å². The number of halogens is 1. The Balaban J connectivity index is 2.10. The third-order valence-electron chi connectivity index (χ3n) is 4.48. The van der Waals surface area contributed by atoms with Gasteiger partial charge in [-0.3, -0.25) is 4.79 Å². The monoisotopic (exact) mass is 366 g/mol. The molecule has 3 rings (SSSR count). The van der Waals surface area contributed by atoms with Gasteiger partial charge in [0.2, 0.25) is 0 Å². The molecule has 0 N–H and O–H groups in total. The van der Waals surface area contributed by atoms with Gasteiger partial charge in [-0.2, -0.15) is 5.26 Å². The number of benzene rings is 1. The number of esters is 1. The fourth-order valence-corrected chi connectivity index (χ4v) is 3.31. The highest BCUT2D eigenvalue weighted by Crippen LogP contribution is 2.27. The molecule has 0 aliphatic rings.